The minimum atomic E-state index is -1.10. The first-order chi connectivity index (χ1) is 10.9. The molecule has 0 heterocycles. The lowest BCUT2D eigenvalue weighted by Crippen LogP contribution is -2.50. The molecule has 0 spiro atoms. The summed E-state index contributed by atoms with van der Waals surface area (Å²) in [7, 11) is 0. The van der Waals surface area contributed by atoms with E-state index in [9.17, 15) is 14.4 Å². The van der Waals surface area contributed by atoms with Crippen molar-refractivity contribution in [3.63, 3.8) is 0 Å². The van der Waals surface area contributed by atoms with Gasteiger partial charge in [0.25, 0.3) is 0 Å². The lowest BCUT2D eigenvalue weighted by atomic mass is 10.1. The van der Waals surface area contributed by atoms with E-state index in [1.807, 2.05) is 37.3 Å². The second kappa shape index (κ2) is 9.45. The number of ether oxygens (including phenoxy) is 1. The number of benzene rings is 1. The number of aliphatic carboxylic acids is 1. The molecule has 2 atom stereocenters. The quantitative estimate of drug-likeness (QED) is 0.675. The van der Waals surface area contributed by atoms with Crippen molar-refractivity contribution in [1.82, 2.24) is 10.6 Å². The molecule has 0 bridgehead atoms. The molecule has 1 aromatic rings. The molecule has 0 aliphatic carbocycles. The van der Waals surface area contributed by atoms with Crippen LogP contribution >= 0.6 is 0 Å². The fourth-order valence-electron chi connectivity index (χ4n) is 1.85. The van der Waals surface area contributed by atoms with Crippen LogP contribution in [0.15, 0.2) is 30.3 Å². The number of carboxylic acids is 1. The molecule has 0 aliphatic rings. The van der Waals surface area contributed by atoms with Crippen LogP contribution in [-0.4, -0.2) is 35.2 Å². The SMILES string of the molecule is CCC[C@H](NC(=O)[C@@H](C)NC(=O)OCc1ccccc1)C(=O)O. The number of carbonyl (C=O) groups excluding carboxylic acids is 2. The zero-order chi connectivity index (χ0) is 17.2. The van der Waals surface area contributed by atoms with Gasteiger partial charge in [0.2, 0.25) is 5.91 Å². The molecule has 1 rings (SSSR count). The first kappa shape index (κ1) is 18.5. The van der Waals surface area contributed by atoms with Crippen LogP contribution in [-0.2, 0) is 20.9 Å². The molecule has 0 fully saturated rings. The maximum atomic E-state index is 11.9. The maximum Gasteiger partial charge on any atom is 0.408 e. The van der Waals surface area contributed by atoms with Gasteiger partial charge in [-0.05, 0) is 18.9 Å². The molecule has 23 heavy (non-hydrogen) atoms. The Balaban J connectivity index is 2.41. The molecular weight excluding hydrogens is 300 g/mol. The summed E-state index contributed by atoms with van der Waals surface area (Å²) in [6, 6.07) is 7.27. The van der Waals surface area contributed by atoms with E-state index in [-0.39, 0.29) is 6.61 Å². The van der Waals surface area contributed by atoms with E-state index in [4.69, 9.17) is 9.84 Å². The van der Waals surface area contributed by atoms with Crippen LogP contribution in [0.2, 0.25) is 0 Å². The van der Waals surface area contributed by atoms with E-state index < -0.39 is 30.1 Å². The Kier molecular flexibility index (Phi) is 7.59. The van der Waals surface area contributed by atoms with Gasteiger partial charge in [-0.15, -0.1) is 0 Å². The molecule has 0 aliphatic heterocycles. The zero-order valence-corrected chi connectivity index (χ0v) is 13.2. The Morgan fingerprint density at radius 2 is 1.83 bits per heavy atom. The topological polar surface area (TPSA) is 105 Å². The van der Waals surface area contributed by atoms with Gasteiger partial charge in [0, 0.05) is 0 Å². The van der Waals surface area contributed by atoms with E-state index in [1.165, 1.54) is 6.92 Å². The van der Waals surface area contributed by atoms with Crippen LogP contribution < -0.4 is 10.6 Å². The highest BCUT2D eigenvalue weighted by Gasteiger charge is 2.23. The van der Waals surface area contributed by atoms with E-state index in [1.54, 1.807) is 0 Å². The maximum absolute atomic E-state index is 11.9. The van der Waals surface area contributed by atoms with Crippen LogP contribution in [0.5, 0.6) is 0 Å². The minimum absolute atomic E-state index is 0.0919. The van der Waals surface area contributed by atoms with E-state index in [0.717, 1.165) is 5.56 Å². The van der Waals surface area contributed by atoms with Gasteiger partial charge in [0.15, 0.2) is 0 Å². The summed E-state index contributed by atoms with van der Waals surface area (Å²) in [5.41, 5.74) is 0.827. The van der Waals surface area contributed by atoms with Crippen molar-refractivity contribution in [2.45, 2.75) is 45.4 Å². The summed E-state index contributed by atoms with van der Waals surface area (Å²) in [6.07, 6.45) is 0.212. The fourth-order valence-corrected chi connectivity index (χ4v) is 1.85. The number of nitrogens with one attached hydrogen (secondary N) is 2. The summed E-state index contributed by atoms with van der Waals surface area (Å²) in [4.78, 5) is 34.5. The molecule has 1 aromatic carbocycles. The van der Waals surface area contributed by atoms with Gasteiger partial charge in [0.1, 0.15) is 18.7 Å². The van der Waals surface area contributed by atoms with Crippen molar-refractivity contribution in [1.29, 1.82) is 0 Å². The molecular formula is C16H22N2O5. The molecule has 0 saturated carbocycles. The van der Waals surface area contributed by atoms with Crippen molar-refractivity contribution >= 4 is 18.0 Å². The Morgan fingerprint density at radius 3 is 2.39 bits per heavy atom. The largest absolute Gasteiger partial charge is 0.480 e. The van der Waals surface area contributed by atoms with Crippen molar-refractivity contribution in [3.8, 4) is 0 Å². The molecule has 0 unspecified atom stereocenters. The van der Waals surface area contributed by atoms with Crippen LogP contribution in [0, 0.1) is 0 Å². The van der Waals surface area contributed by atoms with Crippen LogP contribution in [0.25, 0.3) is 0 Å². The Morgan fingerprint density at radius 1 is 1.17 bits per heavy atom. The second-order valence-electron chi connectivity index (χ2n) is 5.12. The lowest BCUT2D eigenvalue weighted by Gasteiger charge is -2.18. The molecule has 7 heteroatoms. The summed E-state index contributed by atoms with van der Waals surface area (Å²) in [6.45, 7) is 3.38. The molecule has 7 nitrogen and oxygen atoms in total. The fraction of sp³-hybridized carbons (Fsp3) is 0.438. The second-order valence-corrected chi connectivity index (χ2v) is 5.12. The van der Waals surface area contributed by atoms with E-state index in [0.29, 0.717) is 12.8 Å². The first-order valence-electron chi connectivity index (χ1n) is 7.44. The third-order valence-corrected chi connectivity index (χ3v) is 3.13. The van der Waals surface area contributed by atoms with Crippen LogP contribution in [0.1, 0.15) is 32.3 Å². The summed E-state index contributed by atoms with van der Waals surface area (Å²) < 4.78 is 5.00. The molecule has 0 radical (unpaired) electrons. The van der Waals surface area contributed by atoms with Crippen molar-refractivity contribution in [2.24, 2.45) is 0 Å². The summed E-state index contributed by atoms with van der Waals surface area (Å²) >= 11 is 0. The highest BCUT2D eigenvalue weighted by atomic mass is 16.5. The van der Waals surface area contributed by atoms with E-state index >= 15 is 0 Å². The van der Waals surface area contributed by atoms with E-state index in [2.05, 4.69) is 10.6 Å². The van der Waals surface area contributed by atoms with Crippen molar-refractivity contribution < 1.29 is 24.2 Å². The number of carbonyl (C=O) groups is 3. The molecule has 0 saturated heterocycles. The van der Waals surface area contributed by atoms with Crippen LogP contribution in [0.3, 0.4) is 0 Å². The first-order valence-corrected chi connectivity index (χ1v) is 7.44. The predicted molar refractivity (Wildman–Crippen MR) is 83.7 cm³/mol. The van der Waals surface area contributed by atoms with Gasteiger partial charge in [-0.1, -0.05) is 43.7 Å². The number of carboxylic acid groups (broad SMARTS) is 1. The van der Waals surface area contributed by atoms with Crippen molar-refractivity contribution in [3.05, 3.63) is 35.9 Å². The monoisotopic (exact) mass is 322 g/mol. The average molecular weight is 322 g/mol. The highest BCUT2D eigenvalue weighted by molar-refractivity contribution is 5.88. The summed E-state index contributed by atoms with van der Waals surface area (Å²) in [5, 5.41) is 13.8. The molecule has 0 aromatic heterocycles. The van der Waals surface area contributed by atoms with Crippen molar-refractivity contribution in [2.75, 3.05) is 0 Å². The Bertz CT molecular complexity index is 533. The molecule has 3 N–H and O–H groups in total. The molecule has 126 valence electrons. The standard InChI is InChI=1S/C16H22N2O5/c1-3-7-13(15(20)21)18-14(19)11(2)17-16(22)23-10-12-8-5-4-6-9-12/h4-6,8-9,11,13H,3,7,10H2,1-2H3,(H,17,22)(H,18,19)(H,20,21)/t11-,13+/m1/s1. The Hall–Kier alpha value is -2.57. The molecule has 2 amide bonds. The number of amides is 2. The number of alkyl carbamates (subject to hydrolysis) is 1. The number of rotatable bonds is 8. The normalized spacial score (nSPS) is 12.8. The Labute approximate surface area is 135 Å². The zero-order valence-electron chi connectivity index (χ0n) is 13.2. The van der Waals surface area contributed by atoms with Crippen LogP contribution in [0.4, 0.5) is 4.79 Å². The summed E-state index contributed by atoms with van der Waals surface area (Å²) in [5.74, 6) is -1.67. The highest BCUT2D eigenvalue weighted by Crippen LogP contribution is 2.01. The predicted octanol–water partition coefficient (Wildman–Crippen LogP) is 1.67. The van der Waals surface area contributed by atoms with Gasteiger partial charge in [-0.3, -0.25) is 4.79 Å². The lowest BCUT2D eigenvalue weighted by molar-refractivity contribution is -0.142. The van der Waals surface area contributed by atoms with Gasteiger partial charge in [0.05, 0.1) is 0 Å². The smallest absolute Gasteiger partial charge is 0.408 e. The van der Waals surface area contributed by atoms with Gasteiger partial charge < -0.3 is 20.5 Å². The third kappa shape index (κ3) is 6.82. The average Bonchev–Trinajstić information content (AvgIpc) is 2.53. The number of hydrogen-bond acceptors (Lipinski definition) is 4. The van der Waals surface area contributed by atoms with Gasteiger partial charge >= 0.3 is 12.1 Å². The minimum Gasteiger partial charge on any atom is -0.480 e. The third-order valence-electron chi connectivity index (χ3n) is 3.13. The van der Waals surface area contributed by atoms with Gasteiger partial charge in [-0.25, -0.2) is 9.59 Å². The number of hydrogen-bond donors (Lipinski definition) is 3. The van der Waals surface area contributed by atoms with Gasteiger partial charge in [-0.2, -0.15) is 0 Å².